The van der Waals surface area contributed by atoms with Crippen LogP contribution in [-0.4, -0.2) is 61.8 Å². The fraction of sp³-hybridized carbons (Fsp3) is 0.467. The molecule has 0 saturated carbocycles. The fourth-order valence-corrected chi connectivity index (χ4v) is 2.88. The van der Waals surface area contributed by atoms with Crippen LogP contribution in [-0.2, 0) is 14.8 Å². The number of carboxylic acid groups (broad SMARTS) is 1. The lowest BCUT2D eigenvalue weighted by molar-refractivity contribution is -0.137. The topological polar surface area (TPSA) is 95.0 Å². The summed E-state index contributed by atoms with van der Waals surface area (Å²) < 4.78 is 25.1. The average molecular weight is 342 g/mol. The van der Waals surface area contributed by atoms with E-state index in [1.54, 1.807) is 0 Å². The molecule has 0 spiro atoms. The van der Waals surface area contributed by atoms with E-state index in [1.807, 2.05) is 6.92 Å². The Morgan fingerprint density at radius 2 is 1.65 bits per heavy atom. The van der Waals surface area contributed by atoms with Crippen molar-refractivity contribution in [1.29, 1.82) is 0 Å². The molecule has 1 aromatic carbocycles. The number of benzene rings is 1. The molecule has 1 N–H and O–H groups in total. The third kappa shape index (κ3) is 5.04. The molecule has 1 amide bonds. The second-order valence-corrected chi connectivity index (χ2v) is 7.40. The van der Waals surface area contributed by atoms with E-state index in [1.165, 1.54) is 43.3 Å². The maximum atomic E-state index is 12.4. The molecule has 8 heteroatoms. The van der Waals surface area contributed by atoms with Crippen LogP contribution in [0.5, 0.6) is 0 Å². The van der Waals surface area contributed by atoms with Gasteiger partial charge in [0.1, 0.15) is 0 Å². The minimum Gasteiger partial charge on any atom is -0.481 e. The quantitative estimate of drug-likeness (QED) is 0.767. The number of sulfonamides is 1. The predicted molar refractivity (Wildman–Crippen MR) is 85.8 cm³/mol. The number of hydrogen-bond donors (Lipinski definition) is 1. The summed E-state index contributed by atoms with van der Waals surface area (Å²) in [6.07, 6.45) is 0.581. The van der Waals surface area contributed by atoms with E-state index in [2.05, 4.69) is 0 Å². The van der Waals surface area contributed by atoms with Gasteiger partial charge in [-0.1, -0.05) is 6.92 Å². The number of aliphatic carboxylic acids is 1. The van der Waals surface area contributed by atoms with Crippen LogP contribution in [0, 0.1) is 0 Å². The van der Waals surface area contributed by atoms with E-state index in [9.17, 15) is 18.0 Å². The van der Waals surface area contributed by atoms with Crippen molar-refractivity contribution in [2.75, 3.05) is 27.2 Å². The molecular weight excluding hydrogens is 320 g/mol. The molecule has 0 saturated heterocycles. The molecule has 0 unspecified atom stereocenters. The molecule has 128 valence electrons. The second-order valence-electron chi connectivity index (χ2n) is 5.25. The summed E-state index contributed by atoms with van der Waals surface area (Å²) in [5, 5.41) is 8.75. The highest BCUT2D eigenvalue weighted by molar-refractivity contribution is 7.89. The van der Waals surface area contributed by atoms with Gasteiger partial charge in [0.25, 0.3) is 5.91 Å². The van der Waals surface area contributed by atoms with Gasteiger partial charge in [-0.3, -0.25) is 9.59 Å². The van der Waals surface area contributed by atoms with Crippen LogP contribution in [0.25, 0.3) is 0 Å². The van der Waals surface area contributed by atoms with Crippen LogP contribution in [0.1, 0.15) is 30.1 Å². The molecule has 0 aliphatic carbocycles. The van der Waals surface area contributed by atoms with E-state index in [0.717, 1.165) is 4.31 Å². The van der Waals surface area contributed by atoms with Crippen molar-refractivity contribution in [3.63, 3.8) is 0 Å². The molecular formula is C15H22N2O5S. The first-order valence-corrected chi connectivity index (χ1v) is 8.67. The number of rotatable bonds is 8. The van der Waals surface area contributed by atoms with Gasteiger partial charge in [-0.25, -0.2) is 12.7 Å². The van der Waals surface area contributed by atoms with Crippen molar-refractivity contribution in [2.24, 2.45) is 0 Å². The predicted octanol–water partition coefficient (Wildman–Crippen LogP) is 1.26. The summed E-state index contributed by atoms with van der Waals surface area (Å²) in [6, 6.07) is 5.65. The summed E-state index contributed by atoms with van der Waals surface area (Å²) in [5.74, 6) is -1.27. The first-order valence-electron chi connectivity index (χ1n) is 7.23. The molecule has 0 bridgehead atoms. The third-order valence-electron chi connectivity index (χ3n) is 3.26. The van der Waals surface area contributed by atoms with Crippen molar-refractivity contribution in [1.82, 2.24) is 9.21 Å². The van der Waals surface area contributed by atoms with Crippen molar-refractivity contribution in [2.45, 2.75) is 24.7 Å². The SMILES string of the molecule is CCCN(CCC(=O)O)C(=O)c1ccc(S(=O)(=O)N(C)C)cc1. The molecule has 0 aliphatic rings. The Hall–Kier alpha value is -1.93. The monoisotopic (exact) mass is 342 g/mol. The van der Waals surface area contributed by atoms with Crippen molar-refractivity contribution < 1.29 is 23.1 Å². The van der Waals surface area contributed by atoms with Crippen molar-refractivity contribution >= 4 is 21.9 Å². The summed E-state index contributed by atoms with van der Waals surface area (Å²) in [7, 11) is -0.673. The van der Waals surface area contributed by atoms with E-state index in [0.29, 0.717) is 18.5 Å². The Labute approximate surface area is 136 Å². The highest BCUT2D eigenvalue weighted by atomic mass is 32.2. The molecule has 0 fully saturated rings. The normalized spacial score (nSPS) is 11.5. The molecule has 0 heterocycles. The van der Waals surface area contributed by atoms with Gasteiger partial charge >= 0.3 is 5.97 Å². The van der Waals surface area contributed by atoms with Crippen LogP contribution in [0.3, 0.4) is 0 Å². The minimum absolute atomic E-state index is 0.103. The average Bonchev–Trinajstić information content (AvgIpc) is 2.50. The number of carbonyl (C=O) groups is 2. The lowest BCUT2D eigenvalue weighted by Crippen LogP contribution is -2.33. The highest BCUT2D eigenvalue weighted by Crippen LogP contribution is 2.15. The van der Waals surface area contributed by atoms with Crippen LogP contribution in [0.15, 0.2) is 29.2 Å². The van der Waals surface area contributed by atoms with Gasteiger partial charge in [-0.2, -0.15) is 0 Å². The number of amides is 1. The first-order chi connectivity index (χ1) is 10.7. The van der Waals surface area contributed by atoms with Crippen LogP contribution in [0.2, 0.25) is 0 Å². The van der Waals surface area contributed by atoms with Gasteiger partial charge in [0.2, 0.25) is 10.0 Å². The zero-order valence-corrected chi connectivity index (χ0v) is 14.3. The van der Waals surface area contributed by atoms with Gasteiger partial charge in [0.05, 0.1) is 11.3 Å². The molecule has 1 aromatic rings. The molecule has 1 rings (SSSR count). The molecule has 0 radical (unpaired) electrons. The Balaban J connectivity index is 2.96. The summed E-state index contributed by atoms with van der Waals surface area (Å²) in [4.78, 5) is 24.7. The summed E-state index contributed by atoms with van der Waals surface area (Å²) in [5.41, 5.74) is 0.335. The van der Waals surface area contributed by atoms with E-state index >= 15 is 0 Å². The van der Waals surface area contributed by atoms with Gasteiger partial charge < -0.3 is 10.0 Å². The van der Waals surface area contributed by atoms with Gasteiger partial charge in [0, 0.05) is 32.7 Å². The molecule has 7 nitrogen and oxygen atoms in total. The maximum Gasteiger partial charge on any atom is 0.305 e. The van der Waals surface area contributed by atoms with Gasteiger partial charge in [0.15, 0.2) is 0 Å². The van der Waals surface area contributed by atoms with Crippen LogP contribution < -0.4 is 0 Å². The molecule has 0 atom stereocenters. The zero-order chi connectivity index (χ0) is 17.6. The van der Waals surface area contributed by atoms with Crippen LogP contribution in [0.4, 0.5) is 0 Å². The fourth-order valence-electron chi connectivity index (χ4n) is 1.98. The second kappa shape index (κ2) is 8.07. The summed E-state index contributed by atoms with van der Waals surface area (Å²) >= 11 is 0. The number of nitrogens with zero attached hydrogens (tertiary/aromatic N) is 2. The highest BCUT2D eigenvalue weighted by Gasteiger charge is 2.19. The van der Waals surface area contributed by atoms with Crippen molar-refractivity contribution in [3.8, 4) is 0 Å². The Kier molecular flexibility index (Phi) is 6.71. The number of carbonyl (C=O) groups excluding carboxylic acids is 1. The maximum absolute atomic E-state index is 12.4. The Bertz CT molecular complexity index is 653. The Morgan fingerprint density at radius 3 is 2.09 bits per heavy atom. The lowest BCUT2D eigenvalue weighted by Gasteiger charge is -2.21. The molecule has 0 aromatic heterocycles. The molecule has 0 aliphatic heterocycles. The zero-order valence-electron chi connectivity index (χ0n) is 13.5. The smallest absolute Gasteiger partial charge is 0.305 e. The van der Waals surface area contributed by atoms with Gasteiger partial charge in [-0.05, 0) is 30.7 Å². The van der Waals surface area contributed by atoms with E-state index in [4.69, 9.17) is 5.11 Å². The number of carboxylic acids is 1. The van der Waals surface area contributed by atoms with E-state index in [-0.39, 0.29) is 23.8 Å². The van der Waals surface area contributed by atoms with Crippen molar-refractivity contribution in [3.05, 3.63) is 29.8 Å². The van der Waals surface area contributed by atoms with E-state index < -0.39 is 16.0 Å². The standard InChI is InChI=1S/C15H22N2O5S/c1-4-10-17(11-9-14(18)19)15(20)12-5-7-13(8-6-12)23(21,22)16(2)3/h5-8H,4,9-11H2,1-3H3,(H,18,19). The van der Waals surface area contributed by atoms with Crippen LogP contribution >= 0.6 is 0 Å². The third-order valence-corrected chi connectivity index (χ3v) is 5.09. The number of hydrogen-bond acceptors (Lipinski definition) is 4. The molecule has 23 heavy (non-hydrogen) atoms. The largest absolute Gasteiger partial charge is 0.481 e. The Morgan fingerprint density at radius 1 is 1.09 bits per heavy atom. The minimum atomic E-state index is -3.54. The van der Waals surface area contributed by atoms with Gasteiger partial charge in [-0.15, -0.1) is 0 Å². The lowest BCUT2D eigenvalue weighted by atomic mass is 10.2. The summed E-state index contributed by atoms with van der Waals surface area (Å²) in [6.45, 7) is 2.47. The first kappa shape index (κ1) is 19.1.